The summed E-state index contributed by atoms with van der Waals surface area (Å²) in [6, 6.07) is 13.1. The summed E-state index contributed by atoms with van der Waals surface area (Å²) < 4.78 is 25.9. The van der Waals surface area contributed by atoms with E-state index in [0.29, 0.717) is 5.69 Å². The van der Waals surface area contributed by atoms with Crippen LogP contribution < -0.4 is 0 Å². The van der Waals surface area contributed by atoms with E-state index in [2.05, 4.69) is 9.98 Å². The van der Waals surface area contributed by atoms with E-state index in [1.54, 1.807) is 12.4 Å². The molecule has 0 aliphatic carbocycles. The molecule has 0 amide bonds. The third-order valence-electron chi connectivity index (χ3n) is 2.89. The summed E-state index contributed by atoms with van der Waals surface area (Å²) in [5.74, 6) is -1.77. The minimum absolute atomic E-state index is 0.371. The fourth-order valence-electron chi connectivity index (χ4n) is 1.89. The van der Waals surface area contributed by atoms with Gasteiger partial charge in [-0.2, -0.15) is 0 Å². The standard InChI is InChI=1S/C16H10F2N2/c17-14-5-4-13(9-15(14)18)20-10-11-3-6-16-12(8-11)2-1-7-19-16/h1-10H. The summed E-state index contributed by atoms with van der Waals surface area (Å²) >= 11 is 0. The molecule has 4 heteroatoms. The smallest absolute Gasteiger partial charge is 0.160 e. The van der Waals surface area contributed by atoms with Gasteiger partial charge in [-0.15, -0.1) is 0 Å². The van der Waals surface area contributed by atoms with Crippen molar-refractivity contribution in [3.63, 3.8) is 0 Å². The fourth-order valence-corrected chi connectivity index (χ4v) is 1.89. The molecule has 0 saturated heterocycles. The highest BCUT2D eigenvalue weighted by Crippen LogP contribution is 2.17. The summed E-state index contributed by atoms with van der Waals surface area (Å²) in [5, 5.41) is 1.00. The summed E-state index contributed by atoms with van der Waals surface area (Å²) in [4.78, 5) is 8.36. The van der Waals surface area contributed by atoms with Crippen LogP contribution in [0.5, 0.6) is 0 Å². The number of benzene rings is 2. The maximum Gasteiger partial charge on any atom is 0.160 e. The second kappa shape index (κ2) is 5.17. The lowest BCUT2D eigenvalue weighted by atomic mass is 10.1. The minimum atomic E-state index is -0.901. The maximum atomic E-state index is 13.1. The van der Waals surface area contributed by atoms with Crippen LogP contribution in [0.3, 0.4) is 0 Å². The van der Waals surface area contributed by atoms with E-state index in [4.69, 9.17) is 0 Å². The number of rotatable bonds is 2. The molecule has 0 aliphatic heterocycles. The van der Waals surface area contributed by atoms with Crippen molar-refractivity contribution in [3.05, 3.63) is 71.9 Å². The van der Waals surface area contributed by atoms with Gasteiger partial charge >= 0.3 is 0 Å². The van der Waals surface area contributed by atoms with E-state index in [1.807, 2.05) is 30.3 Å². The maximum absolute atomic E-state index is 13.1. The molecule has 0 aliphatic rings. The third-order valence-corrected chi connectivity index (χ3v) is 2.89. The van der Waals surface area contributed by atoms with Gasteiger partial charge in [-0.1, -0.05) is 12.1 Å². The van der Waals surface area contributed by atoms with Crippen molar-refractivity contribution in [2.24, 2.45) is 4.99 Å². The molecule has 1 heterocycles. The first-order valence-corrected chi connectivity index (χ1v) is 6.06. The highest BCUT2D eigenvalue weighted by molar-refractivity contribution is 5.89. The molecule has 0 fully saturated rings. The van der Waals surface area contributed by atoms with Crippen molar-refractivity contribution >= 4 is 22.8 Å². The van der Waals surface area contributed by atoms with Crippen molar-refractivity contribution in [2.45, 2.75) is 0 Å². The largest absolute Gasteiger partial charge is 0.256 e. The number of hydrogen-bond acceptors (Lipinski definition) is 2. The van der Waals surface area contributed by atoms with Crippen LogP contribution in [-0.2, 0) is 0 Å². The monoisotopic (exact) mass is 268 g/mol. The molecule has 3 aromatic rings. The van der Waals surface area contributed by atoms with Crippen LogP contribution >= 0.6 is 0 Å². The molecule has 1 aromatic heterocycles. The lowest BCUT2D eigenvalue weighted by Crippen LogP contribution is -1.84. The van der Waals surface area contributed by atoms with E-state index in [-0.39, 0.29) is 0 Å². The van der Waals surface area contributed by atoms with Gasteiger partial charge in [0.1, 0.15) is 0 Å². The zero-order valence-corrected chi connectivity index (χ0v) is 10.4. The molecule has 2 nitrogen and oxygen atoms in total. The molecule has 98 valence electrons. The van der Waals surface area contributed by atoms with Crippen LogP contribution in [0, 0.1) is 11.6 Å². The van der Waals surface area contributed by atoms with Crippen molar-refractivity contribution in [3.8, 4) is 0 Å². The Morgan fingerprint density at radius 2 is 1.85 bits per heavy atom. The van der Waals surface area contributed by atoms with Gasteiger partial charge in [0.25, 0.3) is 0 Å². The van der Waals surface area contributed by atoms with Gasteiger partial charge in [-0.3, -0.25) is 9.98 Å². The number of fused-ring (bicyclic) bond motifs is 1. The number of halogens is 2. The molecule has 0 bridgehead atoms. The Bertz CT molecular complexity index is 797. The van der Waals surface area contributed by atoms with Crippen LogP contribution in [0.15, 0.2) is 59.7 Å². The van der Waals surface area contributed by atoms with Crippen molar-refractivity contribution in [1.82, 2.24) is 4.98 Å². The quantitative estimate of drug-likeness (QED) is 0.637. The normalized spacial score (nSPS) is 11.3. The van der Waals surface area contributed by atoms with Crippen LogP contribution in [0.4, 0.5) is 14.5 Å². The molecule has 0 N–H and O–H groups in total. The number of pyridine rings is 1. The molecular weight excluding hydrogens is 258 g/mol. The molecular formula is C16H10F2N2. The predicted molar refractivity (Wildman–Crippen MR) is 75.4 cm³/mol. The summed E-state index contributed by atoms with van der Waals surface area (Å²) in [6.45, 7) is 0. The number of aliphatic imine (C=N–C) groups is 1. The van der Waals surface area contributed by atoms with Gasteiger partial charge in [0, 0.05) is 23.9 Å². The van der Waals surface area contributed by atoms with Crippen LogP contribution in [0.2, 0.25) is 0 Å². The molecule has 0 radical (unpaired) electrons. The molecule has 0 saturated carbocycles. The highest BCUT2D eigenvalue weighted by Gasteiger charge is 2.01. The third kappa shape index (κ3) is 2.54. The van der Waals surface area contributed by atoms with Gasteiger partial charge < -0.3 is 0 Å². The topological polar surface area (TPSA) is 25.2 Å². The Hall–Kier alpha value is -2.62. The number of nitrogens with zero attached hydrogens (tertiary/aromatic N) is 2. The number of aromatic nitrogens is 1. The van der Waals surface area contributed by atoms with Gasteiger partial charge in [-0.25, -0.2) is 8.78 Å². The van der Waals surface area contributed by atoms with E-state index >= 15 is 0 Å². The second-order valence-corrected chi connectivity index (χ2v) is 4.31. The first kappa shape index (κ1) is 12.4. The second-order valence-electron chi connectivity index (χ2n) is 4.31. The van der Waals surface area contributed by atoms with E-state index in [9.17, 15) is 8.78 Å². The van der Waals surface area contributed by atoms with Crippen molar-refractivity contribution < 1.29 is 8.78 Å². The molecule has 20 heavy (non-hydrogen) atoms. The summed E-state index contributed by atoms with van der Waals surface area (Å²) in [5.41, 5.74) is 2.14. The van der Waals surface area contributed by atoms with Gasteiger partial charge in [0.05, 0.1) is 11.2 Å². The first-order chi connectivity index (χ1) is 9.72. The van der Waals surface area contributed by atoms with Gasteiger partial charge in [0.2, 0.25) is 0 Å². The van der Waals surface area contributed by atoms with Crippen LogP contribution in [0.1, 0.15) is 5.56 Å². The molecule has 0 spiro atoms. The van der Waals surface area contributed by atoms with Crippen molar-refractivity contribution in [1.29, 1.82) is 0 Å². The van der Waals surface area contributed by atoms with E-state index in [0.717, 1.165) is 28.6 Å². The lowest BCUT2D eigenvalue weighted by molar-refractivity contribution is 0.509. The fraction of sp³-hybridized carbons (Fsp3) is 0. The summed E-state index contributed by atoms with van der Waals surface area (Å²) in [6.07, 6.45) is 3.34. The van der Waals surface area contributed by atoms with Gasteiger partial charge in [-0.05, 0) is 35.9 Å². The van der Waals surface area contributed by atoms with Crippen molar-refractivity contribution in [2.75, 3.05) is 0 Å². The van der Waals surface area contributed by atoms with Crippen LogP contribution in [0.25, 0.3) is 10.9 Å². The first-order valence-electron chi connectivity index (χ1n) is 6.06. The molecule has 3 rings (SSSR count). The summed E-state index contributed by atoms with van der Waals surface area (Å²) in [7, 11) is 0. The molecule has 2 aromatic carbocycles. The zero-order valence-electron chi connectivity index (χ0n) is 10.4. The Kier molecular flexibility index (Phi) is 3.21. The average Bonchev–Trinajstić information content (AvgIpc) is 2.48. The van der Waals surface area contributed by atoms with E-state index in [1.165, 1.54) is 6.07 Å². The SMILES string of the molecule is Fc1ccc(N=Cc2ccc3ncccc3c2)cc1F. The Labute approximate surface area is 114 Å². The number of hydrogen-bond donors (Lipinski definition) is 0. The highest BCUT2D eigenvalue weighted by atomic mass is 19.2. The Morgan fingerprint density at radius 1 is 0.950 bits per heavy atom. The lowest BCUT2D eigenvalue weighted by Gasteiger charge is -1.99. The Morgan fingerprint density at radius 3 is 2.70 bits per heavy atom. The minimum Gasteiger partial charge on any atom is -0.256 e. The van der Waals surface area contributed by atoms with Gasteiger partial charge in [0.15, 0.2) is 11.6 Å². The zero-order chi connectivity index (χ0) is 13.9. The predicted octanol–water partition coefficient (Wildman–Crippen LogP) is 4.26. The Balaban J connectivity index is 1.91. The molecule has 0 atom stereocenters. The average molecular weight is 268 g/mol. The molecule has 0 unspecified atom stereocenters. The van der Waals surface area contributed by atoms with Crippen LogP contribution in [-0.4, -0.2) is 11.2 Å². The van der Waals surface area contributed by atoms with E-state index < -0.39 is 11.6 Å².